The molecule has 6 nitrogen and oxygen atoms in total. The molecular weight excluding hydrogens is 410 g/mol. The van der Waals surface area contributed by atoms with Crippen LogP contribution in [0.5, 0.6) is 0 Å². The average molecular weight is 434 g/mol. The molecule has 3 aromatic carbocycles. The summed E-state index contributed by atoms with van der Waals surface area (Å²) in [6.45, 7) is 1.39. The SMILES string of the molecule is CN(C)CCNC(=O)c1cccc(-n2ncc3cc(Nc4ccccc4Cl)ccc32)c1. The van der Waals surface area contributed by atoms with Crippen LogP contribution in [0.4, 0.5) is 11.4 Å². The smallest absolute Gasteiger partial charge is 0.251 e. The Morgan fingerprint density at radius 2 is 1.90 bits per heavy atom. The normalized spacial score (nSPS) is 11.1. The van der Waals surface area contributed by atoms with Crippen LogP contribution in [0.15, 0.2) is 72.9 Å². The first-order valence-corrected chi connectivity index (χ1v) is 10.4. The molecule has 0 saturated heterocycles. The maximum absolute atomic E-state index is 12.5. The molecule has 0 bridgehead atoms. The highest BCUT2D eigenvalue weighted by molar-refractivity contribution is 6.33. The lowest BCUT2D eigenvalue weighted by molar-refractivity contribution is 0.0951. The van der Waals surface area contributed by atoms with Crippen molar-refractivity contribution < 1.29 is 4.79 Å². The lowest BCUT2D eigenvalue weighted by atomic mass is 10.1. The summed E-state index contributed by atoms with van der Waals surface area (Å²) in [5.74, 6) is -0.0913. The first-order valence-electron chi connectivity index (χ1n) is 10.0. The van der Waals surface area contributed by atoms with Crippen molar-refractivity contribution in [2.24, 2.45) is 0 Å². The van der Waals surface area contributed by atoms with Crippen molar-refractivity contribution in [3.63, 3.8) is 0 Å². The van der Waals surface area contributed by atoms with Gasteiger partial charge in [-0.15, -0.1) is 0 Å². The van der Waals surface area contributed by atoms with E-state index in [1.807, 2.05) is 96.6 Å². The number of hydrogen-bond donors (Lipinski definition) is 2. The molecule has 0 unspecified atom stereocenters. The molecule has 0 spiro atoms. The van der Waals surface area contributed by atoms with E-state index in [9.17, 15) is 4.79 Å². The van der Waals surface area contributed by atoms with Crippen LogP contribution < -0.4 is 10.6 Å². The second kappa shape index (κ2) is 9.20. The fourth-order valence-electron chi connectivity index (χ4n) is 3.31. The Morgan fingerprint density at radius 1 is 1.06 bits per heavy atom. The van der Waals surface area contributed by atoms with Gasteiger partial charge in [0, 0.05) is 29.7 Å². The zero-order valence-electron chi connectivity index (χ0n) is 17.5. The lowest BCUT2D eigenvalue weighted by Gasteiger charge is -2.11. The van der Waals surface area contributed by atoms with Gasteiger partial charge >= 0.3 is 0 Å². The zero-order valence-corrected chi connectivity index (χ0v) is 18.2. The third-order valence-corrected chi connectivity index (χ3v) is 5.25. The predicted octanol–water partition coefficient (Wildman–Crippen LogP) is 4.71. The summed E-state index contributed by atoms with van der Waals surface area (Å²) in [6, 6.07) is 21.1. The summed E-state index contributed by atoms with van der Waals surface area (Å²) in [4.78, 5) is 14.5. The van der Waals surface area contributed by atoms with Crippen molar-refractivity contribution in [3.05, 3.63) is 83.5 Å². The molecule has 1 aromatic heterocycles. The minimum Gasteiger partial charge on any atom is -0.354 e. The van der Waals surface area contributed by atoms with Gasteiger partial charge in [0.05, 0.1) is 28.1 Å². The Hall–Kier alpha value is -3.35. The van der Waals surface area contributed by atoms with Crippen LogP contribution in [0.25, 0.3) is 16.6 Å². The van der Waals surface area contributed by atoms with E-state index in [0.717, 1.165) is 34.5 Å². The number of anilines is 2. The highest BCUT2D eigenvalue weighted by Gasteiger charge is 2.10. The molecule has 0 atom stereocenters. The van der Waals surface area contributed by atoms with E-state index in [0.29, 0.717) is 17.1 Å². The Labute approximate surface area is 186 Å². The molecular formula is C24H24ClN5O. The third-order valence-electron chi connectivity index (χ3n) is 4.92. The van der Waals surface area contributed by atoms with Gasteiger partial charge in [-0.25, -0.2) is 4.68 Å². The number of fused-ring (bicyclic) bond motifs is 1. The summed E-state index contributed by atoms with van der Waals surface area (Å²) in [5.41, 5.74) is 4.17. The van der Waals surface area contributed by atoms with Gasteiger partial charge in [0.25, 0.3) is 5.91 Å². The maximum Gasteiger partial charge on any atom is 0.251 e. The predicted molar refractivity (Wildman–Crippen MR) is 127 cm³/mol. The lowest BCUT2D eigenvalue weighted by Crippen LogP contribution is -2.31. The number of hydrogen-bond acceptors (Lipinski definition) is 4. The quantitative estimate of drug-likeness (QED) is 0.443. The number of amides is 1. The number of halogens is 1. The van der Waals surface area contributed by atoms with E-state index in [2.05, 4.69) is 15.7 Å². The molecule has 1 heterocycles. The van der Waals surface area contributed by atoms with Crippen LogP contribution in [-0.4, -0.2) is 47.8 Å². The molecule has 7 heteroatoms. The van der Waals surface area contributed by atoms with Crippen LogP contribution in [0.1, 0.15) is 10.4 Å². The van der Waals surface area contributed by atoms with Gasteiger partial charge in [-0.2, -0.15) is 5.10 Å². The third kappa shape index (κ3) is 4.87. The van der Waals surface area contributed by atoms with Gasteiger partial charge in [-0.05, 0) is 62.6 Å². The molecule has 158 valence electrons. The first-order chi connectivity index (χ1) is 15.0. The van der Waals surface area contributed by atoms with Gasteiger partial charge < -0.3 is 15.5 Å². The largest absolute Gasteiger partial charge is 0.354 e. The molecule has 0 aliphatic rings. The van der Waals surface area contributed by atoms with E-state index in [-0.39, 0.29) is 5.91 Å². The van der Waals surface area contributed by atoms with Crippen LogP contribution >= 0.6 is 11.6 Å². The number of carbonyl (C=O) groups excluding carboxylic acids is 1. The Morgan fingerprint density at radius 3 is 2.71 bits per heavy atom. The van der Waals surface area contributed by atoms with E-state index < -0.39 is 0 Å². The van der Waals surface area contributed by atoms with E-state index in [1.165, 1.54) is 0 Å². The number of carbonyl (C=O) groups is 1. The van der Waals surface area contributed by atoms with Crippen LogP contribution in [0, 0.1) is 0 Å². The number of benzene rings is 3. The van der Waals surface area contributed by atoms with Gasteiger partial charge in [0.15, 0.2) is 0 Å². The topological polar surface area (TPSA) is 62.2 Å². The molecule has 4 aromatic rings. The van der Waals surface area contributed by atoms with E-state index in [1.54, 1.807) is 0 Å². The van der Waals surface area contributed by atoms with Crippen LogP contribution in [-0.2, 0) is 0 Å². The average Bonchev–Trinajstić information content (AvgIpc) is 3.18. The number of para-hydroxylation sites is 1. The fraction of sp³-hybridized carbons (Fsp3) is 0.167. The van der Waals surface area contributed by atoms with Crippen molar-refractivity contribution in [2.45, 2.75) is 0 Å². The van der Waals surface area contributed by atoms with Crippen molar-refractivity contribution in [3.8, 4) is 5.69 Å². The first kappa shape index (κ1) is 20.9. The standard InChI is InChI=1S/C24H24ClN5O/c1-29(2)13-12-26-24(31)17-6-5-7-20(15-17)30-23-11-10-19(14-18(23)16-27-30)28-22-9-4-3-8-21(22)25/h3-11,14-16,28H,12-13H2,1-2H3,(H,26,31). The van der Waals surface area contributed by atoms with Crippen LogP contribution in [0.3, 0.4) is 0 Å². The second-order valence-electron chi connectivity index (χ2n) is 7.54. The highest BCUT2D eigenvalue weighted by Crippen LogP contribution is 2.28. The molecule has 1 amide bonds. The summed E-state index contributed by atoms with van der Waals surface area (Å²) in [7, 11) is 3.95. The highest BCUT2D eigenvalue weighted by atomic mass is 35.5. The number of rotatable bonds is 7. The van der Waals surface area contributed by atoms with E-state index >= 15 is 0 Å². The second-order valence-corrected chi connectivity index (χ2v) is 7.95. The summed E-state index contributed by atoms with van der Waals surface area (Å²) in [5, 5.41) is 12.5. The Bertz CT molecular complexity index is 1220. The van der Waals surface area contributed by atoms with E-state index in [4.69, 9.17) is 11.6 Å². The molecule has 0 aliphatic heterocycles. The minimum absolute atomic E-state index is 0.0913. The monoisotopic (exact) mass is 433 g/mol. The van der Waals surface area contributed by atoms with Gasteiger partial charge in [0.1, 0.15) is 0 Å². The summed E-state index contributed by atoms with van der Waals surface area (Å²) in [6.07, 6.45) is 1.82. The Kier molecular flexibility index (Phi) is 6.21. The van der Waals surface area contributed by atoms with Crippen LogP contribution in [0.2, 0.25) is 5.02 Å². The van der Waals surface area contributed by atoms with Gasteiger partial charge in [0.2, 0.25) is 0 Å². The number of nitrogens with zero attached hydrogens (tertiary/aromatic N) is 3. The molecule has 0 saturated carbocycles. The zero-order chi connectivity index (χ0) is 21.8. The fourth-order valence-corrected chi connectivity index (χ4v) is 3.49. The molecule has 0 radical (unpaired) electrons. The number of aromatic nitrogens is 2. The number of nitrogens with one attached hydrogen (secondary N) is 2. The molecule has 4 rings (SSSR count). The maximum atomic E-state index is 12.5. The molecule has 31 heavy (non-hydrogen) atoms. The van der Waals surface area contributed by atoms with Crippen molar-refractivity contribution >= 4 is 39.8 Å². The van der Waals surface area contributed by atoms with Crippen molar-refractivity contribution in [1.29, 1.82) is 0 Å². The minimum atomic E-state index is -0.0913. The van der Waals surface area contributed by atoms with Crippen molar-refractivity contribution in [1.82, 2.24) is 20.0 Å². The van der Waals surface area contributed by atoms with Gasteiger partial charge in [-0.3, -0.25) is 4.79 Å². The number of likely N-dealkylation sites (N-methyl/N-ethyl adjacent to an activating group) is 1. The molecule has 0 aliphatic carbocycles. The van der Waals surface area contributed by atoms with Crippen molar-refractivity contribution in [2.75, 3.05) is 32.5 Å². The molecule has 2 N–H and O–H groups in total. The molecule has 0 fully saturated rings. The summed E-state index contributed by atoms with van der Waals surface area (Å²) >= 11 is 6.25. The van der Waals surface area contributed by atoms with Gasteiger partial charge in [-0.1, -0.05) is 29.8 Å². The Balaban J connectivity index is 1.56. The summed E-state index contributed by atoms with van der Waals surface area (Å²) < 4.78 is 1.84.